The van der Waals surface area contributed by atoms with Crippen molar-refractivity contribution in [3.63, 3.8) is 0 Å². The lowest BCUT2D eigenvalue weighted by Crippen LogP contribution is -3.00. The maximum absolute atomic E-state index is 6.18. The molecule has 1 heterocycles. The van der Waals surface area contributed by atoms with E-state index in [-0.39, 0.29) is 12.4 Å². The summed E-state index contributed by atoms with van der Waals surface area (Å²) in [7, 11) is 0. The minimum atomic E-state index is 0. The fourth-order valence-corrected chi connectivity index (χ4v) is 2.54. The first kappa shape index (κ1) is 16.5. The summed E-state index contributed by atoms with van der Waals surface area (Å²) in [5.74, 6) is 0. The van der Waals surface area contributed by atoms with Gasteiger partial charge in [0.1, 0.15) is 6.54 Å². The van der Waals surface area contributed by atoms with Crippen LogP contribution < -0.4 is 17.0 Å². The van der Waals surface area contributed by atoms with Crippen LogP contribution in [-0.4, -0.2) is 9.78 Å². The molecular weight excluding hydrogens is 317 g/mol. The van der Waals surface area contributed by atoms with Gasteiger partial charge in [-0.1, -0.05) is 59.6 Å². The van der Waals surface area contributed by atoms with Crippen molar-refractivity contribution in [2.24, 2.45) is 0 Å². The van der Waals surface area contributed by atoms with Crippen LogP contribution in [0.15, 0.2) is 61.2 Å². The number of nitrogens with zero attached hydrogens (tertiary/aromatic N) is 3. The predicted octanol–water partition coefficient (Wildman–Crippen LogP) is 0.233. The zero-order chi connectivity index (χ0) is 14.7. The van der Waals surface area contributed by atoms with Gasteiger partial charge in [0.2, 0.25) is 6.33 Å². The van der Waals surface area contributed by atoms with Crippen molar-refractivity contribution in [2.75, 3.05) is 0 Å². The van der Waals surface area contributed by atoms with E-state index in [0.717, 1.165) is 17.1 Å². The molecule has 0 fully saturated rings. The lowest BCUT2D eigenvalue weighted by Gasteiger charge is -2.00. The van der Waals surface area contributed by atoms with Crippen molar-refractivity contribution in [3.8, 4) is 0 Å². The number of hydrogen-bond donors (Lipinski definition) is 0. The van der Waals surface area contributed by atoms with E-state index in [0.29, 0.717) is 6.54 Å². The third kappa shape index (κ3) is 4.09. The Morgan fingerprint density at radius 2 is 1.95 bits per heavy atom. The Morgan fingerprint density at radius 3 is 2.73 bits per heavy atom. The van der Waals surface area contributed by atoms with Crippen molar-refractivity contribution in [1.29, 1.82) is 0 Å². The topological polar surface area (TPSA) is 21.7 Å². The second-order valence-electron chi connectivity index (χ2n) is 5.20. The molecule has 0 amide bonds. The summed E-state index contributed by atoms with van der Waals surface area (Å²) < 4.78 is 3.97. The predicted molar refractivity (Wildman–Crippen MR) is 83.3 cm³/mol. The molecule has 2 aromatic carbocycles. The fraction of sp³-hybridized carbons (Fsp3) is 0.176. The van der Waals surface area contributed by atoms with Crippen molar-refractivity contribution in [3.05, 3.63) is 82.9 Å². The molecule has 0 saturated heterocycles. The van der Waals surface area contributed by atoms with Crippen molar-refractivity contribution < 1.29 is 17.0 Å². The van der Waals surface area contributed by atoms with E-state index in [1.165, 1.54) is 11.1 Å². The van der Waals surface area contributed by atoms with Gasteiger partial charge in [0.15, 0.2) is 0 Å². The summed E-state index contributed by atoms with van der Waals surface area (Å²) in [6.45, 7) is 3.61. The van der Waals surface area contributed by atoms with Gasteiger partial charge in [0, 0.05) is 15.7 Å². The number of hydrogen-bond acceptors (Lipinski definition) is 1. The van der Waals surface area contributed by atoms with Gasteiger partial charge in [0.05, 0.1) is 6.54 Å². The van der Waals surface area contributed by atoms with Crippen LogP contribution in [0.5, 0.6) is 0 Å². The minimum absolute atomic E-state index is 0. The van der Waals surface area contributed by atoms with Crippen molar-refractivity contribution in [2.45, 2.75) is 20.0 Å². The van der Waals surface area contributed by atoms with Gasteiger partial charge in [-0.05, 0) is 18.6 Å². The van der Waals surface area contributed by atoms with E-state index in [1.807, 2.05) is 41.6 Å². The molecule has 0 spiro atoms. The normalized spacial score (nSPS) is 10.3. The van der Waals surface area contributed by atoms with Crippen LogP contribution in [0.3, 0.4) is 0 Å². The molecule has 0 radical (unpaired) electrons. The molecule has 0 saturated carbocycles. The Bertz CT molecular complexity index is 753. The van der Waals surface area contributed by atoms with E-state index in [2.05, 4.69) is 40.9 Å². The van der Waals surface area contributed by atoms with Crippen molar-refractivity contribution >= 4 is 11.6 Å². The van der Waals surface area contributed by atoms with Gasteiger partial charge in [0.25, 0.3) is 6.33 Å². The van der Waals surface area contributed by atoms with E-state index in [1.54, 1.807) is 0 Å². The summed E-state index contributed by atoms with van der Waals surface area (Å²) in [6, 6.07) is 16.4. The number of aromatic nitrogens is 3. The highest BCUT2D eigenvalue weighted by Gasteiger charge is 2.09. The number of aryl methyl sites for hydroxylation is 1. The first-order valence-corrected chi connectivity index (χ1v) is 7.29. The summed E-state index contributed by atoms with van der Waals surface area (Å²) in [5.41, 5.74) is 3.62. The average Bonchev–Trinajstić information content (AvgIpc) is 2.89. The van der Waals surface area contributed by atoms with Gasteiger partial charge in [-0.3, -0.25) is 0 Å². The number of halogens is 2. The van der Waals surface area contributed by atoms with Gasteiger partial charge in [-0.2, -0.15) is 0 Å². The second-order valence-corrected chi connectivity index (χ2v) is 5.60. The minimum Gasteiger partial charge on any atom is -1.00 e. The number of rotatable bonds is 4. The molecule has 0 N–H and O–H groups in total. The summed E-state index contributed by atoms with van der Waals surface area (Å²) >= 11 is 6.18. The third-order valence-corrected chi connectivity index (χ3v) is 3.74. The summed E-state index contributed by atoms with van der Waals surface area (Å²) in [4.78, 5) is 0. The molecule has 0 aliphatic heterocycles. The third-order valence-electron chi connectivity index (χ3n) is 3.37. The fourth-order valence-electron chi connectivity index (χ4n) is 2.35. The van der Waals surface area contributed by atoms with Crippen LogP contribution in [0.2, 0.25) is 5.02 Å². The van der Waals surface area contributed by atoms with Crippen LogP contribution in [0.25, 0.3) is 0 Å². The summed E-state index contributed by atoms with van der Waals surface area (Å²) in [6.07, 6.45) is 3.85. The Balaban J connectivity index is 0.00000176. The lowest BCUT2D eigenvalue weighted by atomic mass is 10.1. The highest BCUT2D eigenvalue weighted by atomic mass is 35.5. The monoisotopic (exact) mass is 333 g/mol. The largest absolute Gasteiger partial charge is 1.00 e. The molecule has 5 heteroatoms. The molecule has 22 heavy (non-hydrogen) atoms. The molecular formula is C17H17Cl2N3. The molecule has 0 bridgehead atoms. The molecule has 3 rings (SSSR count). The molecule has 0 atom stereocenters. The van der Waals surface area contributed by atoms with Gasteiger partial charge < -0.3 is 12.4 Å². The lowest BCUT2D eigenvalue weighted by molar-refractivity contribution is -0.689. The molecule has 3 nitrogen and oxygen atoms in total. The highest BCUT2D eigenvalue weighted by Crippen LogP contribution is 2.15. The average molecular weight is 334 g/mol. The van der Waals surface area contributed by atoms with E-state index in [9.17, 15) is 0 Å². The summed E-state index contributed by atoms with van der Waals surface area (Å²) in [5, 5.41) is 5.17. The van der Waals surface area contributed by atoms with Crippen LogP contribution in [0.4, 0.5) is 0 Å². The first-order valence-electron chi connectivity index (χ1n) is 6.91. The maximum atomic E-state index is 6.18. The van der Waals surface area contributed by atoms with E-state index in [4.69, 9.17) is 11.6 Å². The van der Waals surface area contributed by atoms with Crippen LogP contribution >= 0.6 is 11.6 Å². The van der Waals surface area contributed by atoms with Gasteiger partial charge in [-0.15, -0.1) is 4.68 Å². The first-order chi connectivity index (χ1) is 10.2. The standard InChI is InChI=1S/C17H17ClN3.ClH/c1-14-5-4-6-15(9-14)10-20-12-19-21(13-20)11-16-7-2-3-8-17(16)18;/h2-9,12-13H,10-11H2,1H3;1H/q+1;/p-1. The van der Waals surface area contributed by atoms with Crippen molar-refractivity contribution in [1.82, 2.24) is 9.78 Å². The zero-order valence-electron chi connectivity index (χ0n) is 12.3. The van der Waals surface area contributed by atoms with Gasteiger partial charge >= 0.3 is 0 Å². The second kappa shape index (κ2) is 7.43. The molecule has 0 unspecified atom stereocenters. The quantitative estimate of drug-likeness (QED) is 0.626. The van der Waals surface area contributed by atoms with Crippen LogP contribution in [0, 0.1) is 6.92 Å². The van der Waals surface area contributed by atoms with Gasteiger partial charge in [-0.25, -0.2) is 4.57 Å². The molecule has 1 aromatic heterocycles. The molecule has 3 aromatic rings. The number of benzene rings is 2. The molecule has 0 aliphatic carbocycles. The van der Waals surface area contributed by atoms with Crippen LogP contribution in [-0.2, 0) is 13.1 Å². The Hall–Kier alpha value is -1.84. The van der Waals surface area contributed by atoms with E-state index >= 15 is 0 Å². The SMILES string of the molecule is Cc1cccc(C[n+]2cnn(Cc3ccccc3Cl)c2)c1.[Cl-]. The Morgan fingerprint density at radius 1 is 1.14 bits per heavy atom. The van der Waals surface area contributed by atoms with E-state index < -0.39 is 0 Å². The molecule has 0 aliphatic rings. The smallest absolute Gasteiger partial charge is 0.265 e. The Labute approximate surface area is 141 Å². The highest BCUT2D eigenvalue weighted by molar-refractivity contribution is 6.31. The maximum Gasteiger partial charge on any atom is 0.265 e. The van der Waals surface area contributed by atoms with Crippen LogP contribution in [0.1, 0.15) is 16.7 Å². The molecule has 114 valence electrons. The zero-order valence-corrected chi connectivity index (χ0v) is 13.8. The Kier molecular flexibility index (Phi) is 5.58.